The highest BCUT2D eigenvalue weighted by molar-refractivity contribution is 7.92. The van der Waals surface area contributed by atoms with Crippen LogP contribution in [0.25, 0.3) is 0 Å². The van der Waals surface area contributed by atoms with E-state index in [0.717, 1.165) is 19.5 Å². The predicted octanol–water partition coefficient (Wildman–Crippen LogP) is 2.50. The van der Waals surface area contributed by atoms with Crippen molar-refractivity contribution in [2.75, 3.05) is 37.3 Å². The largest absolute Gasteiger partial charge is 0.495 e. The predicted molar refractivity (Wildman–Crippen MR) is 99.4 cm³/mol. The van der Waals surface area contributed by atoms with E-state index in [4.69, 9.17) is 4.74 Å². The van der Waals surface area contributed by atoms with Gasteiger partial charge in [0, 0.05) is 26.1 Å². The van der Waals surface area contributed by atoms with Gasteiger partial charge in [0.05, 0.1) is 19.1 Å². The number of anilines is 1. The first-order valence-corrected chi connectivity index (χ1v) is 10.6. The summed E-state index contributed by atoms with van der Waals surface area (Å²) in [5.41, 5.74) is 0.506. The van der Waals surface area contributed by atoms with Crippen LogP contribution in [0.2, 0.25) is 0 Å². The Morgan fingerprint density at radius 3 is 2.72 bits per heavy atom. The lowest BCUT2D eigenvalue weighted by Crippen LogP contribution is -2.39. The molecule has 2 rings (SSSR count). The van der Waals surface area contributed by atoms with Gasteiger partial charge in [-0.05, 0) is 37.3 Å². The van der Waals surface area contributed by atoms with Gasteiger partial charge in [0.1, 0.15) is 5.75 Å². The molecule has 1 fully saturated rings. The Labute approximate surface area is 150 Å². The number of hydrogen-bond acceptors (Lipinski definition) is 4. The number of methoxy groups -OCH3 is 1. The normalized spacial score (nSPS) is 18.0. The molecule has 0 radical (unpaired) electrons. The number of para-hydroxylation sites is 2. The molecule has 0 aliphatic carbocycles. The summed E-state index contributed by atoms with van der Waals surface area (Å²) >= 11 is 0. The number of carbonyl (C=O) groups is 1. The van der Waals surface area contributed by atoms with Gasteiger partial charge in [0.15, 0.2) is 0 Å². The van der Waals surface area contributed by atoms with E-state index in [1.54, 1.807) is 24.3 Å². The Morgan fingerprint density at radius 1 is 1.36 bits per heavy atom. The first-order chi connectivity index (χ1) is 11.8. The van der Waals surface area contributed by atoms with Crippen LogP contribution in [-0.4, -0.2) is 52.2 Å². The van der Waals surface area contributed by atoms with Gasteiger partial charge < -0.3 is 9.64 Å². The third kappa shape index (κ3) is 5.36. The topological polar surface area (TPSA) is 66.9 Å². The molecule has 1 aliphatic heterocycles. The molecule has 0 bridgehead atoms. The lowest BCUT2D eigenvalue weighted by molar-refractivity contribution is -0.132. The Morgan fingerprint density at radius 2 is 2.08 bits per heavy atom. The maximum Gasteiger partial charge on any atom is 0.232 e. The molecule has 1 heterocycles. The molecule has 0 spiro atoms. The van der Waals surface area contributed by atoms with Crippen LogP contribution in [0.5, 0.6) is 5.75 Å². The molecule has 6 nitrogen and oxygen atoms in total. The van der Waals surface area contributed by atoms with Gasteiger partial charge in [-0.2, -0.15) is 0 Å². The lowest BCUT2D eigenvalue weighted by Gasteiger charge is -2.31. The van der Waals surface area contributed by atoms with Crippen molar-refractivity contribution < 1.29 is 17.9 Å². The van der Waals surface area contributed by atoms with E-state index in [0.29, 0.717) is 30.2 Å². The van der Waals surface area contributed by atoms with Crippen molar-refractivity contribution >= 4 is 21.6 Å². The molecule has 1 aliphatic rings. The minimum atomic E-state index is -3.45. The van der Waals surface area contributed by atoms with Crippen molar-refractivity contribution in [3.8, 4) is 5.75 Å². The maximum absolute atomic E-state index is 12.4. The fourth-order valence-electron chi connectivity index (χ4n) is 3.25. The van der Waals surface area contributed by atoms with Crippen LogP contribution in [0, 0.1) is 5.92 Å². The zero-order valence-corrected chi connectivity index (χ0v) is 16.1. The summed E-state index contributed by atoms with van der Waals surface area (Å²) in [6.45, 7) is 4.04. The molecular weight excluding hydrogens is 340 g/mol. The van der Waals surface area contributed by atoms with Crippen molar-refractivity contribution in [3.05, 3.63) is 24.3 Å². The standard InChI is InChI=1S/C18H28N2O4S/c1-15-8-6-12-19(14-15)18(21)11-7-13-20(25(3,22)23)16-9-4-5-10-17(16)24-2/h4-5,9-10,15H,6-8,11-14H2,1-3H3/t15-/m1/s1. The molecule has 25 heavy (non-hydrogen) atoms. The Balaban J connectivity index is 2.00. The quantitative estimate of drug-likeness (QED) is 0.742. The second-order valence-electron chi connectivity index (χ2n) is 6.70. The highest BCUT2D eigenvalue weighted by Gasteiger charge is 2.23. The molecule has 0 unspecified atom stereocenters. The second kappa shape index (κ2) is 8.56. The third-order valence-corrected chi connectivity index (χ3v) is 5.70. The molecule has 1 saturated heterocycles. The second-order valence-corrected chi connectivity index (χ2v) is 8.60. The minimum absolute atomic E-state index is 0.111. The summed E-state index contributed by atoms with van der Waals surface area (Å²) < 4.78 is 31.0. The molecular formula is C18H28N2O4S. The van der Waals surface area contributed by atoms with E-state index in [1.165, 1.54) is 24.1 Å². The highest BCUT2D eigenvalue weighted by Crippen LogP contribution is 2.29. The third-order valence-electron chi connectivity index (χ3n) is 4.52. The number of amides is 1. The number of nitrogens with zero attached hydrogens (tertiary/aromatic N) is 2. The Kier molecular flexibility index (Phi) is 6.70. The van der Waals surface area contributed by atoms with E-state index in [9.17, 15) is 13.2 Å². The number of hydrogen-bond donors (Lipinski definition) is 0. The summed E-state index contributed by atoms with van der Waals surface area (Å²) in [7, 11) is -1.94. The molecule has 1 amide bonds. The van der Waals surface area contributed by atoms with Gasteiger partial charge in [-0.15, -0.1) is 0 Å². The molecule has 0 aromatic heterocycles. The van der Waals surface area contributed by atoms with Crippen molar-refractivity contribution in [2.24, 2.45) is 5.92 Å². The van der Waals surface area contributed by atoms with E-state index >= 15 is 0 Å². The molecule has 0 saturated carbocycles. The van der Waals surface area contributed by atoms with Gasteiger partial charge in [-0.1, -0.05) is 19.1 Å². The van der Waals surface area contributed by atoms with Crippen molar-refractivity contribution in [1.29, 1.82) is 0 Å². The fraction of sp³-hybridized carbons (Fsp3) is 0.611. The number of carbonyl (C=O) groups excluding carboxylic acids is 1. The number of rotatable bonds is 7. The molecule has 0 N–H and O–H groups in total. The van der Waals surface area contributed by atoms with Gasteiger partial charge in [-0.3, -0.25) is 9.10 Å². The van der Waals surface area contributed by atoms with Crippen LogP contribution in [0.3, 0.4) is 0 Å². The summed E-state index contributed by atoms with van der Waals surface area (Å²) in [4.78, 5) is 14.3. The smallest absolute Gasteiger partial charge is 0.232 e. The van der Waals surface area contributed by atoms with E-state index in [-0.39, 0.29) is 12.5 Å². The van der Waals surface area contributed by atoms with E-state index < -0.39 is 10.0 Å². The summed E-state index contributed by atoms with van der Waals surface area (Å²) in [6, 6.07) is 7.02. The number of benzene rings is 1. The maximum atomic E-state index is 12.4. The number of likely N-dealkylation sites (tertiary alicyclic amines) is 1. The van der Waals surface area contributed by atoms with Crippen LogP contribution in [-0.2, 0) is 14.8 Å². The van der Waals surface area contributed by atoms with Gasteiger partial charge in [0.25, 0.3) is 0 Å². The lowest BCUT2D eigenvalue weighted by atomic mass is 10.00. The molecule has 1 aromatic rings. The van der Waals surface area contributed by atoms with Crippen molar-refractivity contribution in [2.45, 2.75) is 32.6 Å². The van der Waals surface area contributed by atoms with Crippen LogP contribution < -0.4 is 9.04 Å². The minimum Gasteiger partial charge on any atom is -0.495 e. The van der Waals surface area contributed by atoms with E-state index in [2.05, 4.69) is 6.92 Å². The van der Waals surface area contributed by atoms with Gasteiger partial charge in [-0.25, -0.2) is 8.42 Å². The number of piperidine rings is 1. The van der Waals surface area contributed by atoms with Crippen LogP contribution in [0.4, 0.5) is 5.69 Å². The van der Waals surface area contributed by atoms with Crippen LogP contribution >= 0.6 is 0 Å². The average Bonchev–Trinajstić information content (AvgIpc) is 2.57. The van der Waals surface area contributed by atoms with Crippen LogP contribution in [0.15, 0.2) is 24.3 Å². The summed E-state index contributed by atoms with van der Waals surface area (Å²) in [6.07, 6.45) is 4.22. The Hall–Kier alpha value is -1.76. The van der Waals surface area contributed by atoms with Crippen LogP contribution in [0.1, 0.15) is 32.6 Å². The fourth-order valence-corrected chi connectivity index (χ4v) is 4.22. The van der Waals surface area contributed by atoms with E-state index in [1.807, 2.05) is 4.90 Å². The summed E-state index contributed by atoms with van der Waals surface area (Å²) in [5, 5.41) is 0. The number of ether oxygens (including phenoxy) is 1. The molecule has 1 aromatic carbocycles. The Bertz CT molecular complexity index is 690. The molecule has 1 atom stereocenters. The molecule has 7 heteroatoms. The van der Waals surface area contributed by atoms with Gasteiger partial charge >= 0.3 is 0 Å². The average molecular weight is 368 g/mol. The van der Waals surface area contributed by atoms with Crippen molar-refractivity contribution in [3.63, 3.8) is 0 Å². The zero-order valence-electron chi connectivity index (χ0n) is 15.3. The van der Waals surface area contributed by atoms with Gasteiger partial charge in [0.2, 0.25) is 15.9 Å². The monoisotopic (exact) mass is 368 g/mol. The first-order valence-electron chi connectivity index (χ1n) is 8.71. The zero-order chi connectivity index (χ0) is 18.4. The van der Waals surface area contributed by atoms with Crippen molar-refractivity contribution in [1.82, 2.24) is 4.90 Å². The molecule has 140 valence electrons. The summed E-state index contributed by atoms with van der Waals surface area (Å²) in [5.74, 6) is 1.16. The first kappa shape index (κ1) is 19.6. The SMILES string of the molecule is COc1ccccc1N(CCCC(=O)N1CCC[C@@H](C)C1)S(C)(=O)=O. The number of sulfonamides is 1. The highest BCUT2D eigenvalue weighted by atomic mass is 32.2.